The van der Waals surface area contributed by atoms with Gasteiger partial charge in [-0.2, -0.15) is 13.2 Å². The van der Waals surface area contributed by atoms with E-state index in [-0.39, 0.29) is 24.0 Å². The molecule has 3 nitrogen and oxygen atoms in total. The second-order valence-electron chi connectivity index (χ2n) is 6.06. The highest BCUT2D eigenvalue weighted by atomic mass is 32.2. The van der Waals surface area contributed by atoms with Crippen molar-refractivity contribution in [3.63, 3.8) is 0 Å². The topological polar surface area (TPSA) is 29.5 Å². The van der Waals surface area contributed by atoms with E-state index in [9.17, 15) is 22.4 Å². The number of rotatable bonds is 4. The average molecular weight is 399 g/mol. The number of hydrogen-bond acceptors (Lipinski definition) is 3. The van der Waals surface area contributed by atoms with Crippen LogP contribution in [0.15, 0.2) is 53.4 Å². The van der Waals surface area contributed by atoms with E-state index in [2.05, 4.69) is 0 Å². The van der Waals surface area contributed by atoms with Crippen molar-refractivity contribution in [1.82, 2.24) is 4.90 Å². The molecule has 0 N–H and O–H groups in total. The van der Waals surface area contributed by atoms with Crippen molar-refractivity contribution < 1.29 is 27.1 Å². The first-order valence-electron chi connectivity index (χ1n) is 8.28. The molecule has 0 aromatic heterocycles. The first-order chi connectivity index (χ1) is 12.8. The van der Waals surface area contributed by atoms with E-state index in [1.165, 1.54) is 36.0 Å². The van der Waals surface area contributed by atoms with Gasteiger partial charge in [0, 0.05) is 11.4 Å². The van der Waals surface area contributed by atoms with Gasteiger partial charge in [-0.1, -0.05) is 12.1 Å². The number of carbonyl (C=O) groups is 1. The van der Waals surface area contributed by atoms with Crippen molar-refractivity contribution in [2.75, 3.05) is 25.4 Å². The van der Waals surface area contributed by atoms with Crippen LogP contribution in [0.25, 0.3) is 0 Å². The summed E-state index contributed by atoms with van der Waals surface area (Å²) in [5.41, 5.74) is -0.114. The molecule has 144 valence electrons. The van der Waals surface area contributed by atoms with Gasteiger partial charge in [0.2, 0.25) is 5.91 Å². The lowest BCUT2D eigenvalue weighted by Gasteiger charge is -2.33. The molecule has 0 aliphatic carbocycles. The van der Waals surface area contributed by atoms with Crippen LogP contribution in [0.5, 0.6) is 0 Å². The fraction of sp³-hybridized carbons (Fsp3) is 0.316. The quantitative estimate of drug-likeness (QED) is 0.559. The lowest BCUT2D eigenvalue weighted by molar-refractivity contribution is -0.137. The maximum Gasteiger partial charge on any atom is 0.416 e. The third-order valence-corrected chi connectivity index (χ3v) is 5.20. The zero-order chi connectivity index (χ0) is 19.4. The van der Waals surface area contributed by atoms with Gasteiger partial charge < -0.3 is 9.64 Å². The van der Waals surface area contributed by atoms with Crippen LogP contribution in [0, 0.1) is 5.82 Å². The number of ether oxygens (including phenoxy) is 1. The Kier molecular flexibility index (Phi) is 6.06. The summed E-state index contributed by atoms with van der Waals surface area (Å²) in [5.74, 6) is -0.228. The van der Waals surface area contributed by atoms with Gasteiger partial charge in [0.25, 0.3) is 0 Å². The predicted molar refractivity (Wildman–Crippen MR) is 93.8 cm³/mol. The molecule has 1 heterocycles. The Morgan fingerprint density at radius 3 is 2.41 bits per heavy atom. The molecule has 2 aromatic rings. The van der Waals surface area contributed by atoms with Crippen molar-refractivity contribution >= 4 is 17.7 Å². The highest BCUT2D eigenvalue weighted by Crippen LogP contribution is 2.31. The zero-order valence-corrected chi connectivity index (χ0v) is 15.0. The first-order valence-corrected chi connectivity index (χ1v) is 9.26. The van der Waals surface area contributed by atoms with Gasteiger partial charge in [0.15, 0.2) is 0 Å². The number of halogens is 4. The van der Waals surface area contributed by atoms with Crippen LogP contribution in [-0.4, -0.2) is 36.3 Å². The molecule has 1 fully saturated rings. The Morgan fingerprint density at radius 2 is 1.78 bits per heavy atom. The summed E-state index contributed by atoms with van der Waals surface area (Å²) in [4.78, 5) is 14.9. The molecular weight excluding hydrogens is 382 g/mol. The highest BCUT2D eigenvalue weighted by molar-refractivity contribution is 8.00. The fourth-order valence-electron chi connectivity index (χ4n) is 2.73. The molecule has 3 rings (SSSR count). The summed E-state index contributed by atoms with van der Waals surface area (Å²) in [6, 6.07) is 10.7. The van der Waals surface area contributed by atoms with E-state index in [1.807, 2.05) is 0 Å². The average Bonchev–Trinajstić information content (AvgIpc) is 2.67. The lowest BCUT2D eigenvalue weighted by atomic mass is 10.1. The minimum Gasteiger partial charge on any atom is -0.370 e. The monoisotopic (exact) mass is 399 g/mol. The van der Waals surface area contributed by atoms with E-state index in [0.29, 0.717) is 18.7 Å². The maximum atomic E-state index is 12.9. The van der Waals surface area contributed by atoms with Gasteiger partial charge in [0.1, 0.15) is 11.9 Å². The van der Waals surface area contributed by atoms with Crippen LogP contribution >= 0.6 is 11.8 Å². The lowest BCUT2D eigenvalue weighted by Crippen LogP contribution is -2.43. The molecule has 1 aliphatic rings. The second kappa shape index (κ2) is 8.31. The third kappa shape index (κ3) is 5.23. The first kappa shape index (κ1) is 19.7. The van der Waals surface area contributed by atoms with Crippen molar-refractivity contribution in [1.29, 1.82) is 0 Å². The van der Waals surface area contributed by atoms with Crippen LogP contribution < -0.4 is 0 Å². The third-order valence-electron chi connectivity index (χ3n) is 4.20. The van der Waals surface area contributed by atoms with E-state index < -0.39 is 17.8 Å². The van der Waals surface area contributed by atoms with Crippen LogP contribution in [0.4, 0.5) is 17.6 Å². The maximum absolute atomic E-state index is 12.9. The Bertz CT molecular complexity index is 778. The normalized spacial score (nSPS) is 17.8. The van der Waals surface area contributed by atoms with Gasteiger partial charge in [-0.15, -0.1) is 11.8 Å². The molecule has 1 aliphatic heterocycles. The summed E-state index contributed by atoms with van der Waals surface area (Å²) in [6.45, 7) is 1.03. The molecule has 0 spiro atoms. The van der Waals surface area contributed by atoms with E-state index in [1.54, 1.807) is 17.0 Å². The largest absolute Gasteiger partial charge is 0.416 e. The molecule has 1 unspecified atom stereocenters. The molecule has 8 heteroatoms. The number of alkyl halides is 3. The molecular formula is C19H17F4NO2S. The number of benzene rings is 2. The Hall–Kier alpha value is -2.06. The van der Waals surface area contributed by atoms with Crippen LogP contribution in [-0.2, 0) is 15.7 Å². The molecule has 1 saturated heterocycles. The van der Waals surface area contributed by atoms with Gasteiger partial charge in [-0.25, -0.2) is 4.39 Å². The summed E-state index contributed by atoms with van der Waals surface area (Å²) in [5, 5.41) is 0. The van der Waals surface area contributed by atoms with E-state index in [0.717, 1.165) is 17.0 Å². The van der Waals surface area contributed by atoms with Gasteiger partial charge >= 0.3 is 6.18 Å². The van der Waals surface area contributed by atoms with Crippen molar-refractivity contribution in [3.8, 4) is 0 Å². The summed E-state index contributed by atoms with van der Waals surface area (Å²) in [6.07, 6.45) is -4.84. The van der Waals surface area contributed by atoms with Gasteiger partial charge in [0.05, 0.1) is 24.5 Å². The van der Waals surface area contributed by atoms with Crippen LogP contribution in [0.1, 0.15) is 17.2 Å². The number of hydrogen-bond donors (Lipinski definition) is 0. The second-order valence-corrected chi connectivity index (χ2v) is 7.11. The molecule has 27 heavy (non-hydrogen) atoms. The summed E-state index contributed by atoms with van der Waals surface area (Å²) in [7, 11) is 0. The van der Waals surface area contributed by atoms with Crippen molar-refractivity contribution in [2.45, 2.75) is 17.2 Å². The number of amides is 1. The van der Waals surface area contributed by atoms with Crippen molar-refractivity contribution in [3.05, 3.63) is 65.5 Å². The molecule has 0 bridgehead atoms. The fourth-order valence-corrected chi connectivity index (χ4v) is 3.53. The Labute approximate surface area is 158 Å². The molecule has 1 atom stereocenters. The SMILES string of the molecule is O=C(CSc1ccc(F)cc1)N1CCOC(c2ccc(C(F)(F)F)cc2)C1. The van der Waals surface area contributed by atoms with Gasteiger partial charge in [-0.05, 0) is 42.0 Å². The highest BCUT2D eigenvalue weighted by Gasteiger charge is 2.31. The predicted octanol–water partition coefficient (Wildman–Crippen LogP) is 4.54. The number of nitrogens with zero attached hydrogens (tertiary/aromatic N) is 1. The van der Waals surface area contributed by atoms with Gasteiger partial charge in [-0.3, -0.25) is 4.79 Å². The minimum absolute atomic E-state index is 0.0930. The summed E-state index contributed by atoms with van der Waals surface area (Å²) < 4.78 is 56.5. The molecule has 0 radical (unpaired) electrons. The number of thioether (sulfide) groups is 1. The van der Waals surface area contributed by atoms with E-state index >= 15 is 0 Å². The van der Waals surface area contributed by atoms with Crippen LogP contribution in [0.3, 0.4) is 0 Å². The Morgan fingerprint density at radius 1 is 1.11 bits per heavy atom. The number of carbonyl (C=O) groups excluding carboxylic acids is 1. The minimum atomic E-state index is -4.38. The molecule has 0 saturated carbocycles. The molecule has 1 amide bonds. The van der Waals surface area contributed by atoms with Crippen LogP contribution in [0.2, 0.25) is 0 Å². The van der Waals surface area contributed by atoms with E-state index in [4.69, 9.17) is 4.74 Å². The molecule has 2 aromatic carbocycles. The Balaban J connectivity index is 1.58. The van der Waals surface area contributed by atoms with Crippen molar-refractivity contribution in [2.24, 2.45) is 0 Å². The zero-order valence-electron chi connectivity index (χ0n) is 14.2. The number of morpholine rings is 1. The standard InChI is InChI=1S/C19H17F4NO2S/c20-15-5-7-16(8-6-15)27-12-18(25)24-9-10-26-17(11-24)13-1-3-14(4-2-13)19(21,22)23/h1-8,17H,9-12H2. The smallest absolute Gasteiger partial charge is 0.370 e. The summed E-state index contributed by atoms with van der Waals surface area (Å²) >= 11 is 1.31.